The molecule has 0 radical (unpaired) electrons. The molecule has 1 aliphatic rings. The van der Waals surface area contributed by atoms with E-state index < -0.39 is 0 Å². The highest BCUT2D eigenvalue weighted by molar-refractivity contribution is 5.79. The van der Waals surface area contributed by atoms with Gasteiger partial charge in [0.05, 0.1) is 0 Å². The van der Waals surface area contributed by atoms with Crippen LogP contribution in [0.25, 0.3) is 0 Å². The monoisotopic (exact) mass is 183 g/mol. The van der Waals surface area contributed by atoms with E-state index in [1.165, 1.54) is 25.7 Å². The Balaban J connectivity index is 2.70. The Labute approximate surface area is 81.1 Å². The van der Waals surface area contributed by atoms with Crippen LogP contribution >= 0.6 is 0 Å². The lowest BCUT2D eigenvalue weighted by molar-refractivity contribution is -0.119. The van der Waals surface area contributed by atoms with Gasteiger partial charge in [0.1, 0.15) is 0 Å². The van der Waals surface area contributed by atoms with Crippen molar-refractivity contribution in [2.24, 2.45) is 5.41 Å². The second-order valence-corrected chi connectivity index (χ2v) is 4.33. The molecule has 0 aromatic carbocycles. The molecule has 0 aromatic rings. The highest BCUT2D eigenvalue weighted by Gasteiger charge is 2.42. The number of rotatable bonds is 4. The second kappa shape index (κ2) is 4.12. The van der Waals surface area contributed by atoms with Crippen molar-refractivity contribution in [2.75, 3.05) is 0 Å². The van der Waals surface area contributed by atoms with E-state index in [4.69, 9.17) is 0 Å². The highest BCUT2D eigenvalue weighted by atomic mass is 16.2. The molecule has 1 unspecified atom stereocenters. The number of carbonyl (C=O) groups is 1. The van der Waals surface area contributed by atoms with E-state index in [0.29, 0.717) is 6.04 Å². The van der Waals surface area contributed by atoms with Crippen molar-refractivity contribution in [1.82, 2.24) is 5.32 Å². The summed E-state index contributed by atoms with van der Waals surface area (Å²) in [5.74, 6) is 0.245. The predicted octanol–water partition coefficient (Wildman–Crippen LogP) is 2.48. The molecule has 1 N–H and O–H groups in total. The average molecular weight is 183 g/mol. The van der Waals surface area contributed by atoms with Crippen molar-refractivity contribution in [3.63, 3.8) is 0 Å². The zero-order chi connectivity index (χ0) is 9.90. The largest absolute Gasteiger partial charge is 0.353 e. The molecule has 0 saturated carbocycles. The van der Waals surface area contributed by atoms with Gasteiger partial charge in [-0.15, -0.1) is 0 Å². The summed E-state index contributed by atoms with van der Waals surface area (Å²) >= 11 is 0. The van der Waals surface area contributed by atoms with E-state index in [1.54, 1.807) is 0 Å². The molecule has 2 nitrogen and oxygen atoms in total. The first-order valence-electron chi connectivity index (χ1n) is 5.44. The average Bonchev–Trinajstić information content (AvgIpc) is 2.28. The predicted molar refractivity (Wildman–Crippen MR) is 54.5 cm³/mol. The van der Waals surface area contributed by atoms with Crippen molar-refractivity contribution in [3.05, 3.63) is 0 Å². The van der Waals surface area contributed by atoms with Crippen LogP contribution in [0.3, 0.4) is 0 Å². The normalized spacial score (nSPS) is 26.1. The summed E-state index contributed by atoms with van der Waals surface area (Å²) < 4.78 is 0. The third kappa shape index (κ3) is 2.04. The Morgan fingerprint density at radius 1 is 1.38 bits per heavy atom. The van der Waals surface area contributed by atoms with Crippen LogP contribution in [0.1, 0.15) is 52.9 Å². The lowest BCUT2D eigenvalue weighted by Gasteiger charge is -2.31. The summed E-state index contributed by atoms with van der Waals surface area (Å²) in [5, 5.41) is 3.04. The molecule has 1 atom stereocenters. The fraction of sp³-hybridized carbons (Fsp3) is 0.909. The maximum atomic E-state index is 11.3. The van der Waals surface area contributed by atoms with E-state index >= 15 is 0 Å². The van der Waals surface area contributed by atoms with Crippen molar-refractivity contribution >= 4 is 5.91 Å². The number of carbonyl (C=O) groups excluding carboxylic acids is 1. The van der Waals surface area contributed by atoms with Crippen molar-refractivity contribution in [2.45, 2.75) is 58.9 Å². The minimum Gasteiger partial charge on any atom is -0.353 e. The SMILES string of the molecule is CCCC1(CCC)CC(=O)NC1C. The zero-order valence-electron chi connectivity index (χ0n) is 9.02. The van der Waals surface area contributed by atoms with Gasteiger partial charge < -0.3 is 5.32 Å². The van der Waals surface area contributed by atoms with Crippen molar-refractivity contribution < 1.29 is 4.79 Å². The van der Waals surface area contributed by atoms with E-state index in [2.05, 4.69) is 26.1 Å². The first kappa shape index (κ1) is 10.6. The van der Waals surface area contributed by atoms with Crippen molar-refractivity contribution in [3.8, 4) is 0 Å². The van der Waals surface area contributed by atoms with Crippen LogP contribution in [0.4, 0.5) is 0 Å². The van der Waals surface area contributed by atoms with Gasteiger partial charge in [-0.1, -0.05) is 26.7 Å². The fourth-order valence-corrected chi connectivity index (χ4v) is 2.65. The minimum absolute atomic E-state index is 0.245. The van der Waals surface area contributed by atoms with Crippen LogP contribution in [0.2, 0.25) is 0 Å². The molecular weight excluding hydrogens is 162 g/mol. The van der Waals surface area contributed by atoms with Gasteiger partial charge in [0, 0.05) is 12.5 Å². The standard InChI is InChI=1S/C11H21NO/c1-4-6-11(7-5-2)8-10(13)12-9(11)3/h9H,4-8H2,1-3H3,(H,12,13). The molecule has 76 valence electrons. The Morgan fingerprint density at radius 2 is 1.92 bits per heavy atom. The third-order valence-electron chi connectivity index (χ3n) is 3.30. The van der Waals surface area contributed by atoms with Crippen LogP contribution in [0.15, 0.2) is 0 Å². The van der Waals surface area contributed by atoms with Crippen LogP contribution in [-0.2, 0) is 4.79 Å². The molecule has 0 bridgehead atoms. The molecule has 1 amide bonds. The summed E-state index contributed by atoms with van der Waals surface area (Å²) in [6.45, 7) is 6.55. The second-order valence-electron chi connectivity index (χ2n) is 4.33. The summed E-state index contributed by atoms with van der Waals surface area (Å²) in [7, 11) is 0. The smallest absolute Gasteiger partial charge is 0.220 e. The van der Waals surface area contributed by atoms with Gasteiger partial charge in [-0.05, 0) is 25.2 Å². The molecule has 0 aromatic heterocycles. The Hall–Kier alpha value is -0.530. The number of amides is 1. The van der Waals surface area contributed by atoms with Gasteiger partial charge in [0.2, 0.25) is 5.91 Å². The lowest BCUT2D eigenvalue weighted by atomic mass is 9.74. The number of hydrogen-bond acceptors (Lipinski definition) is 1. The Bertz CT molecular complexity index is 183. The third-order valence-corrected chi connectivity index (χ3v) is 3.30. The lowest BCUT2D eigenvalue weighted by Crippen LogP contribution is -2.34. The van der Waals surface area contributed by atoms with Gasteiger partial charge in [-0.25, -0.2) is 0 Å². The molecular formula is C11H21NO. The van der Waals surface area contributed by atoms with Gasteiger partial charge in [0.15, 0.2) is 0 Å². The molecule has 2 heteroatoms. The minimum atomic E-state index is 0.245. The van der Waals surface area contributed by atoms with Gasteiger partial charge in [-0.3, -0.25) is 4.79 Å². The summed E-state index contributed by atoms with van der Waals surface area (Å²) in [6.07, 6.45) is 5.47. The number of nitrogens with one attached hydrogen (secondary N) is 1. The number of hydrogen-bond donors (Lipinski definition) is 1. The first-order chi connectivity index (χ1) is 6.14. The van der Waals surface area contributed by atoms with Crippen LogP contribution in [0.5, 0.6) is 0 Å². The van der Waals surface area contributed by atoms with Crippen LogP contribution < -0.4 is 5.32 Å². The van der Waals surface area contributed by atoms with E-state index in [1.807, 2.05) is 0 Å². The maximum Gasteiger partial charge on any atom is 0.220 e. The molecule has 1 saturated heterocycles. The van der Waals surface area contributed by atoms with Crippen LogP contribution in [-0.4, -0.2) is 11.9 Å². The quantitative estimate of drug-likeness (QED) is 0.712. The van der Waals surface area contributed by atoms with Crippen LogP contribution in [0, 0.1) is 5.41 Å². The fourth-order valence-electron chi connectivity index (χ4n) is 2.65. The van der Waals surface area contributed by atoms with Gasteiger partial charge >= 0.3 is 0 Å². The molecule has 0 aliphatic carbocycles. The summed E-state index contributed by atoms with van der Waals surface area (Å²) in [4.78, 5) is 11.3. The molecule has 13 heavy (non-hydrogen) atoms. The summed E-state index contributed by atoms with van der Waals surface area (Å²) in [6, 6.07) is 0.375. The molecule has 1 fully saturated rings. The Morgan fingerprint density at radius 3 is 2.23 bits per heavy atom. The molecule has 1 heterocycles. The van der Waals surface area contributed by atoms with E-state index in [0.717, 1.165) is 6.42 Å². The van der Waals surface area contributed by atoms with Crippen molar-refractivity contribution in [1.29, 1.82) is 0 Å². The molecule has 0 spiro atoms. The first-order valence-corrected chi connectivity index (χ1v) is 5.44. The maximum absolute atomic E-state index is 11.3. The van der Waals surface area contributed by atoms with Gasteiger partial charge in [0.25, 0.3) is 0 Å². The van der Waals surface area contributed by atoms with E-state index in [9.17, 15) is 4.79 Å². The zero-order valence-corrected chi connectivity index (χ0v) is 9.02. The summed E-state index contributed by atoms with van der Waals surface area (Å²) in [5.41, 5.74) is 0.264. The highest BCUT2D eigenvalue weighted by Crippen LogP contribution is 2.40. The molecule has 1 rings (SSSR count). The Kier molecular flexibility index (Phi) is 3.34. The van der Waals surface area contributed by atoms with E-state index in [-0.39, 0.29) is 11.3 Å². The topological polar surface area (TPSA) is 29.1 Å². The van der Waals surface area contributed by atoms with Gasteiger partial charge in [-0.2, -0.15) is 0 Å². The molecule has 1 aliphatic heterocycles.